The molecule has 1 amide bonds. The molecule has 33 heavy (non-hydrogen) atoms. The summed E-state index contributed by atoms with van der Waals surface area (Å²) >= 11 is 6.00. The van der Waals surface area contributed by atoms with Crippen LogP contribution in [0.4, 0.5) is 11.4 Å². The molecule has 0 saturated carbocycles. The molecule has 5 nitrogen and oxygen atoms in total. The Bertz CT molecular complexity index is 1090. The fraction of sp³-hybridized carbons (Fsp3) is 0.269. The van der Waals surface area contributed by atoms with Gasteiger partial charge in [-0.2, -0.15) is 0 Å². The summed E-state index contributed by atoms with van der Waals surface area (Å²) in [7, 11) is -0.441. The van der Waals surface area contributed by atoms with Crippen molar-refractivity contribution >= 4 is 41.5 Å². The van der Waals surface area contributed by atoms with Crippen molar-refractivity contribution < 1.29 is 14.1 Å². The second-order valence-corrected chi connectivity index (χ2v) is 9.63. The van der Waals surface area contributed by atoms with E-state index in [0.717, 1.165) is 16.7 Å². The molecule has 0 bridgehead atoms. The molecule has 1 heterocycles. The van der Waals surface area contributed by atoms with Crippen molar-refractivity contribution in [2.45, 2.75) is 44.9 Å². The van der Waals surface area contributed by atoms with E-state index in [1.54, 1.807) is 12.1 Å². The van der Waals surface area contributed by atoms with E-state index in [9.17, 15) is 4.79 Å². The standard InChI is InChI=1S/C26H28BClN2O3/c1-25(2)26(3,4)33-27(32-25)19-10-14-22(15-11-19)30-24(31)23(18-8-6-5-7-9-18)29-21-16-12-20(28)13-17-21/h5-17,23,29H,1-4H3,(H,30,31). The van der Waals surface area contributed by atoms with Crippen LogP contribution in [0, 0.1) is 0 Å². The molecular weight excluding hydrogens is 435 g/mol. The van der Waals surface area contributed by atoms with Crippen LogP contribution in [0.2, 0.25) is 5.02 Å². The van der Waals surface area contributed by atoms with Crippen LogP contribution in [-0.2, 0) is 14.1 Å². The van der Waals surface area contributed by atoms with E-state index in [2.05, 4.69) is 10.6 Å². The first-order valence-corrected chi connectivity index (χ1v) is 11.4. The molecule has 7 heteroatoms. The number of nitrogens with one attached hydrogen (secondary N) is 2. The smallest absolute Gasteiger partial charge is 0.399 e. The lowest BCUT2D eigenvalue weighted by molar-refractivity contribution is -0.117. The van der Waals surface area contributed by atoms with E-state index in [1.807, 2.05) is 94.4 Å². The van der Waals surface area contributed by atoms with E-state index >= 15 is 0 Å². The van der Waals surface area contributed by atoms with Gasteiger partial charge in [0.15, 0.2) is 0 Å². The average Bonchev–Trinajstić information content (AvgIpc) is 3.01. The summed E-state index contributed by atoms with van der Waals surface area (Å²) in [6.07, 6.45) is 0. The van der Waals surface area contributed by atoms with Gasteiger partial charge in [-0.15, -0.1) is 0 Å². The Morgan fingerprint density at radius 2 is 1.36 bits per heavy atom. The third kappa shape index (κ3) is 5.24. The lowest BCUT2D eigenvalue weighted by atomic mass is 9.79. The van der Waals surface area contributed by atoms with Gasteiger partial charge >= 0.3 is 7.12 Å². The second kappa shape index (κ2) is 9.22. The Morgan fingerprint density at radius 1 is 0.818 bits per heavy atom. The van der Waals surface area contributed by atoms with Crippen LogP contribution in [-0.4, -0.2) is 24.2 Å². The number of amides is 1. The number of anilines is 2. The van der Waals surface area contributed by atoms with Crippen LogP contribution in [0.5, 0.6) is 0 Å². The van der Waals surface area contributed by atoms with E-state index in [4.69, 9.17) is 20.9 Å². The van der Waals surface area contributed by atoms with Crippen molar-refractivity contribution in [3.8, 4) is 0 Å². The van der Waals surface area contributed by atoms with Gasteiger partial charge in [0.25, 0.3) is 5.91 Å². The number of rotatable bonds is 6. The van der Waals surface area contributed by atoms with Crippen molar-refractivity contribution in [1.82, 2.24) is 0 Å². The molecule has 1 fully saturated rings. The molecular formula is C26H28BClN2O3. The Kier molecular flexibility index (Phi) is 6.53. The van der Waals surface area contributed by atoms with E-state index in [1.165, 1.54) is 0 Å². The summed E-state index contributed by atoms with van der Waals surface area (Å²) in [6.45, 7) is 8.11. The van der Waals surface area contributed by atoms with Crippen molar-refractivity contribution in [3.05, 3.63) is 89.4 Å². The minimum atomic E-state index is -0.574. The molecule has 0 aliphatic carbocycles. The summed E-state index contributed by atoms with van der Waals surface area (Å²) in [6, 6.07) is 23.9. The lowest BCUT2D eigenvalue weighted by Crippen LogP contribution is -2.41. The van der Waals surface area contributed by atoms with Crippen molar-refractivity contribution in [2.24, 2.45) is 0 Å². The predicted molar refractivity (Wildman–Crippen MR) is 135 cm³/mol. The highest BCUT2D eigenvalue weighted by Crippen LogP contribution is 2.36. The summed E-state index contributed by atoms with van der Waals surface area (Å²) in [4.78, 5) is 13.2. The molecule has 1 saturated heterocycles. The Labute approximate surface area is 200 Å². The number of benzene rings is 3. The summed E-state index contributed by atoms with van der Waals surface area (Å²) < 4.78 is 12.2. The molecule has 1 aliphatic rings. The van der Waals surface area contributed by atoms with Gasteiger partial charge in [-0.3, -0.25) is 4.79 Å². The fourth-order valence-electron chi connectivity index (χ4n) is 3.58. The summed E-state index contributed by atoms with van der Waals surface area (Å²) in [5, 5.41) is 6.96. The molecule has 2 N–H and O–H groups in total. The first kappa shape index (κ1) is 23.4. The average molecular weight is 463 g/mol. The van der Waals surface area contributed by atoms with Gasteiger partial charge in [0.05, 0.1) is 11.2 Å². The van der Waals surface area contributed by atoms with Gasteiger partial charge < -0.3 is 19.9 Å². The van der Waals surface area contributed by atoms with E-state index < -0.39 is 24.4 Å². The van der Waals surface area contributed by atoms with E-state index in [-0.39, 0.29) is 5.91 Å². The van der Waals surface area contributed by atoms with Crippen molar-refractivity contribution in [1.29, 1.82) is 0 Å². The molecule has 1 unspecified atom stereocenters. The maximum absolute atomic E-state index is 13.2. The van der Waals surface area contributed by atoms with Crippen LogP contribution >= 0.6 is 11.6 Å². The fourth-order valence-corrected chi connectivity index (χ4v) is 3.70. The maximum Gasteiger partial charge on any atom is 0.494 e. The zero-order valence-electron chi connectivity index (χ0n) is 19.3. The molecule has 0 radical (unpaired) electrons. The van der Waals surface area contributed by atoms with Crippen molar-refractivity contribution in [2.75, 3.05) is 10.6 Å². The Hall–Kier alpha value is -2.80. The molecule has 170 valence electrons. The zero-order valence-corrected chi connectivity index (χ0v) is 20.0. The molecule has 1 atom stereocenters. The van der Waals surface area contributed by atoms with Crippen LogP contribution in [0.3, 0.4) is 0 Å². The van der Waals surface area contributed by atoms with Gasteiger partial charge in [-0.05, 0) is 75.1 Å². The highest BCUT2D eigenvalue weighted by atomic mass is 35.5. The SMILES string of the molecule is CC1(C)OB(c2ccc(NC(=O)C(Nc3ccc(Cl)cc3)c3ccccc3)cc2)OC1(C)C. The highest BCUT2D eigenvalue weighted by Gasteiger charge is 2.51. The minimum Gasteiger partial charge on any atom is -0.399 e. The summed E-state index contributed by atoms with van der Waals surface area (Å²) in [5.74, 6) is -0.167. The highest BCUT2D eigenvalue weighted by molar-refractivity contribution is 6.62. The van der Waals surface area contributed by atoms with Gasteiger partial charge in [0.2, 0.25) is 0 Å². The number of carbonyl (C=O) groups is 1. The topological polar surface area (TPSA) is 59.6 Å². The third-order valence-corrected chi connectivity index (χ3v) is 6.51. The normalized spacial score (nSPS) is 17.4. The first-order valence-electron chi connectivity index (χ1n) is 11.0. The number of hydrogen-bond acceptors (Lipinski definition) is 4. The maximum atomic E-state index is 13.2. The molecule has 3 aromatic carbocycles. The predicted octanol–water partition coefficient (Wildman–Crippen LogP) is 5.43. The van der Waals surface area contributed by atoms with Gasteiger partial charge in [0, 0.05) is 16.4 Å². The molecule has 4 rings (SSSR count). The molecule has 3 aromatic rings. The number of hydrogen-bond donors (Lipinski definition) is 2. The van der Waals surface area contributed by atoms with Crippen LogP contribution in [0.1, 0.15) is 39.3 Å². The second-order valence-electron chi connectivity index (χ2n) is 9.19. The number of carbonyl (C=O) groups excluding carboxylic acids is 1. The third-order valence-electron chi connectivity index (χ3n) is 6.25. The molecule has 0 spiro atoms. The van der Waals surface area contributed by atoms with Crippen molar-refractivity contribution in [3.63, 3.8) is 0 Å². The minimum absolute atomic E-state index is 0.167. The van der Waals surface area contributed by atoms with E-state index in [0.29, 0.717) is 10.7 Å². The van der Waals surface area contributed by atoms with Gasteiger partial charge in [0.1, 0.15) is 6.04 Å². The molecule has 0 aromatic heterocycles. The van der Waals surface area contributed by atoms with Gasteiger partial charge in [-0.25, -0.2) is 0 Å². The monoisotopic (exact) mass is 462 g/mol. The Morgan fingerprint density at radius 3 is 1.94 bits per heavy atom. The summed E-state index contributed by atoms with van der Waals surface area (Å²) in [5.41, 5.74) is 2.46. The lowest BCUT2D eigenvalue weighted by Gasteiger charge is -2.32. The van der Waals surface area contributed by atoms with Gasteiger partial charge in [-0.1, -0.05) is 54.1 Å². The van der Waals surface area contributed by atoms with Crippen LogP contribution < -0.4 is 16.1 Å². The Balaban J connectivity index is 1.49. The molecule has 1 aliphatic heterocycles. The largest absolute Gasteiger partial charge is 0.494 e. The first-order chi connectivity index (χ1) is 15.6. The zero-order chi connectivity index (χ0) is 23.6. The number of halogens is 1. The quantitative estimate of drug-likeness (QED) is 0.480. The van der Waals surface area contributed by atoms with Crippen LogP contribution in [0.25, 0.3) is 0 Å². The van der Waals surface area contributed by atoms with Crippen LogP contribution in [0.15, 0.2) is 78.9 Å².